The van der Waals surface area contributed by atoms with E-state index in [1.54, 1.807) is 30.5 Å². The molecule has 0 saturated carbocycles. The van der Waals surface area contributed by atoms with Gasteiger partial charge in [-0.2, -0.15) is 0 Å². The lowest BCUT2D eigenvalue weighted by Crippen LogP contribution is -2.34. The van der Waals surface area contributed by atoms with Crippen molar-refractivity contribution in [3.63, 3.8) is 0 Å². The summed E-state index contributed by atoms with van der Waals surface area (Å²) in [5.74, 6) is 0.541. The highest BCUT2D eigenvalue weighted by Crippen LogP contribution is 2.17. The molecule has 0 saturated heterocycles. The van der Waals surface area contributed by atoms with Crippen molar-refractivity contribution in [1.29, 1.82) is 0 Å². The zero-order valence-corrected chi connectivity index (χ0v) is 14.8. The molecule has 0 radical (unpaired) electrons. The summed E-state index contributed by atoms with van der Waals surface area (Å²) in [6.45, 7) is 0.407. The number of sulfone groups is 1. The van der Waals surface area contributed by atoms with E-state index in [4.69, 9.17) is 4.42 Å². The summed E-state index contributed by atoms with van der Waals surface area (Å²) < 4.78 is 28.0. The van der Waals surface area contributed by atoms with Crippen LogP contribution in [-0.4, -0.2) is 46.1 Å². The molecule has 0 bridgehead atoms. The first-order valence-electron chi connectivity index (χ1n) is 7.51. The SMILES string of the molecule is CN(C)C(CNC(=O)c1ccc(CS(C)(=O)=O)cc1)c1ccco1. The summed E-state index contributed by atoms with van der Waals surface area (Å²) in [7, 11) is 0.749. The van der Waals surface area contributed by atoms with Crippen molar-refractivity contribution in [2.45, 2.75) is 11.8 Å². The summed E-state index contributed by atoms with van der Waals surface area (Å²) in [5, 5.41) is 2.88. The van der Waals surface area contributed by atoms with E-state index in [9.17, 15) is 13.2 Å². The number of rotatable bonds is 7. The standard InChI is InChI=1S/C17H22N2O4S/c1-19(2)15(16-5-4-10-23-16)11-18-17(20)14-8-6-13(7-9-14)12-24(3,21)22/h4-10,15H,11-12H2,1-3H3,(H,18,20). The van der Waals surface area contributed by atoms with Crippen molar-refractivity contribution in [2.75, 3.05) is 26.9 Å². The predicted molar refractivity (Wildman–Crippen MR) is 92.5 cm³/mol. The van der Waals surface area contributed by atoms with Gasteiger partial charge in [0.25, 0.3) is 5.91 Å². The number of hydrogen-bond acceptors (Lipinski definition) is 5. The minimum atomic E-state index is -3.08. The minimum Gasteiger partial charge on any atom is -0.468 e. The molecule has 0 aliphatic carbocycles. The second kappa shape index (κ2) is 7.63. The molecule has 1 unspecified atom stereocenters. The van der Waals surface area contributed by atoms with Crippen molar-refractivity contribution in [3.05, 3.63) is 59.5 Å². The van der Waals surface area contributed by atoms with Gasteiger partial charge in [0.15, 0.2) is 9.84 Å². The molecular weight excluding hydrogens is 328 g/mol. The van der Waals surface area contributed by atoms with Gasteiger partial charge in [0.1, 0.15) is 5.76 Å². The van der Waals surface area contributed by atoms with Crippen LogP contribution >= 0.6 is 0 Å². The topological polar surface area (TPSA) is 79.6 Å². The van der Waals surface area contributed by atoms with E-state index < -0.39 is 9.84 Å². The zero-order valence-electron chi connectivity index (χ0n) is 14.0. The molecule has 0 fully saturated rings. The van der Waals surface area contributed by atoms with Crippen molar-refractivity contribution >= 4 is 15.7 Å². The van der Waals surface area contributed by atoms with Gasteiger partial charge in [0.2, 0.25) is 0 Å². The van der Waals surface area contributed by atoms with E-state index >= 15 is 0 Å². The lowest BCUT2D eigenvalue weighted by Gasteiger charge is -2.22. The summed E-state index contributed by atoms with van der Waals surface area (Å²) in [5.41, 5.74) is 1.15. The molecule has 130 valence electrons. The molecule has 1 aromatic carbocycles. The van der Waals surface area contributed by atoms with Crippen molar-refractivity contribution in [2.24, 2.45) is 0 Å². The van der Waals surface area contributed by atoms with Crippen LogP contribution in [-0.2, 0) is 15.6 Å². The molecule has 1 aromatic heterocycles. The molecule has 0 spiro atoms. The highest BCUT2D eigenvalue weighted by molar-refractivity contribution is 7.89. The number of likely N-dealkylation sites (N-methyl/N-ethyl adjacent to an activating group) is 1. The van der Waals surface area contributed by atoms with Crippen molar-refractivity contribution < 1.29 is 17.6 Å². The van der Waals surface area contributed by atoms with Crippen LogP contribution in [0.25, 0.3) is 0 Å². The fraction of sp³-hybridized carbons (Fsp3) is 0.353. The minimum absolute atomic E-state index is 0.0317. The Morgan fingerprint density at radius 1 is 1.21 bits per heavy atom. The first-order valence-corrected chi connectivity index (χ1v) is 9.57. The molecular formula is C17H22N2O4S. The summed E-state index contributed by atoms with van der Waals surface area (Å²) in [6, 6.07) is 10.2. The normalized spacial score (nSPS) is 13.0. The Kier molecular flexibility index (Phi) is 5.80. The molecule has 1 amide bonds. The molecule has 1 N–H and O–H groups in total. The number of nitrogens with one attached hydrogen (secondary N) is 1. The van der Waals surface area contributed by atoms with Crippen LogP contribution < -0.4 is 5.32 Å². The molecule has 1 heterocycles. The van der Waals surface area contributed by atoms with Gasteiger partial charge in [-0.1, -0.05) is 12.1 Å². The van der Waals surface area contributed by atoms with Gasteiger partial charge in [-0.05, 0) is 43.9 Å². The van der Waals surface area contributed by atoms with E-state index in [-0.39, 0.29) is 17.7 Å². The number of hydrogen-bond donors (Lipinski definition) is 1. The number of benzene rings is 1. The van der Waals surface area contributed by atoms with Crippen molar-refractivity contribution in [1.82, 2.24) is 10.2 Å². The third kappa shape index (κ3) is 5.21. The Labute approximate surface area is 142 Å². The van der Waals surface area contributed by atoms with Gasteiger partial charge in [-0.25, -0.2) is 8.42 Å². The average molecular weight is 350 g/mol. The summed E-state index contributed by atoms with van der Waals surface area (Å²) in [6.07, 6.45) is 2.79. The highest BCUT2D eigenvalue weighted by Gasteiger charge is 2.18. The Hall–Kier alpha value is -2.12. The maximum atomic E-state index is 12.3. The number of carbonyl (C=O) groups excluding carboxylic acids is 1. The van der Waals surface area contributed by atoms with E-state index in [0.29, 0.717) is 17.7 Å². The van der Waals surface area contributed by atoms with E-state index in [1.165, 1.54) is 6.26 Å². The molecule has 0 aliphatic rings. The van der Waals surface area contributed by atoms with E-state index in [0.717, 1.165) is 5.76 Å². The third-order valence-corrected chi connectivity index (χ3v) is 4.45. The second-order valence-electron chi connectivity index (χ2n) is 5.97. The average Bonchev–Trinajstić information content (AvgIpc) is 3.00. The molecule has 6 nitrogen and oxygen atoms in total. The Morgan fingerprint density at radius 2 is 1.88 bits per heavy atom. The summed E-state index contributed by atoms with van der Waals surface area (Å²) in [4.78, 5) is 14.2. The second-order valence-corrected chi connectivity index (χ2v) is 8.11. The van der Waals surface area contributed by atoms with E-state index in [1.807, 2.05) is 31.1 Å². The van der Waals surface area contributed by atoms with Crippen LogP contribution in [0.1, 0.15) is 27.7 Å². The lowest BCUT2D eigenvalue weighted by atomic mass is 10.1. The van der Waals surface area contributed by atoms with Gasteiger partial charge in [-0.3, -0.25) is 9.69 Å². The molecule has 1 atom stereocenters. The van der Waals surface area contributed by atoms with Crippen LogP contribution in [0, 0.1) is 0 Å². The van der Waals surface area contributed by atoms with Crippen LogP contribution in [0.5, 0.6) is 0 Å². The maximum Gasteiger partial charge on any atom is 0.251 e. The molecule has 2 aromatic rings. The smallest absolute Gasteiger partial charge is 0.251 e. The van der Waals surface area contributed by atoms with Gasteiger partial charge in [0, 0.05) is 18.4 Å². The Balaban J connectivity index is 1.99. The first-order chi connectivity index (χ1) is 11.3. The highest BCUT2D eigenvalue weighted by atomic mass is 32.2. The zero-order chi connectivity index (χ0) is 17.7. The summed E-state index contributed by atoms with van der Waals surface area (Å²) >= 11 is 0. The van der Waals surface area contributed by atoms with Gasteiger partial charge in [-0.15, -0.1) is 0 Å². The van der Waals surface area contributed by atoms with Gasteiger partial charge in [0.05, 0.1) is 18.1 Å². The predicted octanol–water partition coefficient (Wildman–Crippen LogP) is 1.86. The number of nitrogens with zero attached hydrogens (tertiary/aromatic N) is 1. The van der Waals surface area contributed by atoms with Crippen molar-refractivity contribution in [3.8, 4) is 0 Å². The number of amides is 1. The van der Waals surface area contributed by atoms with Gasteiger partial charge < -0.3 is 9.73 Å². The maximum absolute atomic E-state index is 12.3. The number of furan rings is 1. The largest absolute Gasteiger partial charge is 0.468 e. The van der Waals surface area contributed by atoms with Crippen LogP contribution in [0.2, 0.25) is 0 Å². The van der Waals surface area contributed by atoms with Crippen LogP contribution in [0.3, 0.4) is 0 Å². The quantitative estimate of drug-likeness (QED) is 0.824. The monoisotopic (exact) mass is 350 g/mol. The van der Waals surface area contributed by atoms with Gasteiger partial charge >= 0.3 is 0 Å². The van der Waals surface area contributed by atoms with Crippen LogP contribution in [0.4, 0.5) is 0 Å². The molecule has 24 heavy (non-hydrogen) atoms. The lowest BCUT2D eigenvalue weighted by molar-refractivity contribution is 0.0939. The molecule has 0 aliphatic heterocycles. The Bertz CT molecular complexity index is 765. The Morgan fingerprint density at radius 3 is 2.38 bits per heavy atom. The van der Waals surface area contributed by atoms with Crippen LogP contribution in [0.15, 0.2) is 47.1 Å². The third-order valence-electron chi connectivity index (χ3n) is 3.60. The molecule has 2 rings (SSSR count). The first kappa shape index (κ1) is 18.2. The fourth-order valence-electron chi connectivity index (χ4n) is 2.37. The van der Waals surface area contributed by atoms with E-state index in [2.05, 4.69) is 5.32 Å². The molecule has 7 heteroatoms. The number of carbonyl (C=O) groups is 1. The fourth-order valence-corrected chi connectivity index (χ4v) is 3.16.